The number of carbonyl (C=O) groups is 2. The van der Waals surface area contributed by atoms with E-state index in [9.17, 15) is 9.59 Å². The highest BCUT2D eigenvalue weighted by Crippen LogP contribution is 2.24. The fourth-order valence-corrected chi connectivity index (χ4v) is 3.77. The van der Waals surface area contributed by atoms with Gasteiger partial charge in [-0.2, -0.15) is 5.10 Å². The Labute approximate surface area is 205 Å². The van der Waals surface area contributed by atoms with Gasteiger partial charge in [0.25, 0.3) is 5.91 Å². The molecular weight excluding hydrogens is 438 g/mol. The van der Waals surface area contributed by atoms with E-state index < -0.39 is 0 Å². The molecule has 0 unspecified atom stereocenters. The smallest absolute Gasteiger partial charge is 0.319 e. The molecule has 3 amide bonds. The largest absolute Gasteiger partial charge is 0.348 e. The van der Waals surface area contributed by atoms with Crippen molar-refractivity contribution in [2.45, 2.75) is 33.0 Å². The maximum Gasteiger partial charge on any atom is 0.319 e. The van der Waals surface area contributed by atoms with E-state index in [4.69, 9.17) is 0 Å². The van der Waals surface area contributed by atoms with Gasteiger partial charge in [0.05, 0.1) is 6.54 Å². The summed E-state index contributed by atoms with van der Waals surface area (Å²) >= 11 is 0. The molecule has 3 aromatic carbocycles. The lowest BCUT2D eigenvalue weighted by Gasteiger charge is -2.13. The molecule has 4 rings (SSSR count). The van der Waals surface area contributed by atoms with Gasteiger partial charge in [0.1, 0.15) is 0 Å². The number of anilines is 1. The van der Waals surface area contributed by atoms with Gasteiger partial charge in [-0.05, 0) is 60.4 Å². The van der Waals surface area contributed by atoms with Crippen LogP contribution < -0.4 is 16.0 Å². The van der Waals surface area contributed by atoms with Crippen LogP contribution in [-0.4, -0.2) is 27.8 Å². The molecule has 0 aliphatic rings. The molecule has 0 saturated heterocycles. The van der Waals surface area contributed by atoms with E-state index in [2.05, 4.69) is 51.4 Å². The summed E-state index contributed by atoms with van der Waals surface area (Å²) in [4.78, 5) is 24.8. The van der Waals surface area contributed by atoms with Crippen molar-refractivity contribution in [3.8, 4) is 11.1 Å². The molecule has 0 aliphatic carbocycles. The van der Waals surface area contributed by atoms with E-state index >= 15 is 0 Å². The van der Waals surface area contributed by atoms with E-state index in [-0.39, 0.29) is 18.0 Å². The quantitative estimate of drug-likeness (QED) is 0.339. The second-order valence-electron chi connectivity index (χ2n) is 8.57. The molecule has 0 radical (unpaired) electrons. The standard InChI is InChI=1S/C28H29N5O2/c1-20(2)31-28(35)32-25-9-5-8-23(17-25)27(34)29-18-24-7-3-4-10-26(24)22-13-11-21(12-14-22)19-33-16-6-15-30-33/h3-17,20H,18-19H2,1-2H3,(H,29,34)(H2,31,32,35). The van der Waals surface area contributed by atoms with Crippen molar-refractivity contribution in [2.24, 2.45) is 0 Å². The Kier molecular flexibility index (Phi) is 7.57. The van der Waals surface area contributed by atoms with Gasteiger partial charge in [-0.1, -0.05) is 54.6 Å². The average molecular weight is 468 g/mol. The fraction of sp³-hybridized carbons (Fsp3) is 0.179. The second-order valence-corrected chi connectivity index (χ2v) is 8.57. The van der Waals surface area contributed by atoms with Crippen LogP contribution in [0.4, 0.5) is 10.5 Å². The van der Waals surface area contributed by atoms with Crippen LogP contribution in [0.15, 0.2) is 91.3 Å². The minimum Gasteiger partial charge on any atom is -0.348 e. The summed E-state index contributed by atoms with van der Waals surface area (Å²) in [5.41, 5.74) is 5.38. The van der Waals surface area contributed by atoms with E-state index in [1.54, 1.807) is 30.5 Å². The third-order valence-corrected chi connectivity index (χ3v) is 5.43. The van der Waals surface area contributed by atoms with Crippen LogP contribution in [0.1, 0.15) is 35.3 Å². The first-order chi connectivity index (χ1) is 17.0. The van der Waals surface area contributed by atoms with Gasteiger partial charge in [0, 0.05) is 36.2 Å². The molecule has 1 aromatic heterocycles. The van der Waals surface area contributed by atoms with Crippen LogP contribution in [0.25, 0.3) is 11.1 Å². The van der Waals surface area contributed by atoms with Gasteiger partial charge in [-0.3, -0.25) is 9.48 Å². The lowest BCUT2D eigenvalue weighted by molar-refractivity contribution is 0.0951. The molecule has 0 fully saturated rings. The molecule has 35 heavy (non-hydrogen) atoms. The van der Waals surface area contributed by atoms with Gasteiger partial charge in [0.2, 0.25) is 0 Å². The Morgan fingerprint density at radius 1 is 0.943 bits per heavy atom. The fourth-order valence-electron chi connectivity index (χ4n) is 3.77. The number of benzene rings is 3. The summed E-state index contributed by atoms with van der Waals surface area (Å²) in [6.45, 7) is 4.88. The van der Waals surface area contributed by atoms with Crippen molar-refractivity contribution < 1.29 is 9.59 Å². The van der Waals surface area contributed by atoms with Gasteiger partial charge in [-0.25, -0.2) is 4.79 Å². The molecule has 0 spiro atoms. The molecule has 7 heteroatoms. The molecule has 0 bridgehead atoms. The maximum absolute atomic E-state index is 12.8. The molecule has 0 atom stereocenters. The third-order valence-electron chi connectivity index (χ3n) is 5.43. The first kappa shape index (κ1) is 23.8. The second kappa shape index (κ2) is 11.2. The third kappa shape index (κ3) is 6.57. The number of nitrogens with zero attached hydrogens (tertiary/aromatic N) is 2. The van der Waals surface area contributed by atoms with Crippen molar-refractivity contribution in [1.29, 1.82) is 0 Å². The molecule has 7 nitrogen and oxygen atoms in total. The van der Waals surface area contributed by atoms with Crippen LogP contribution in [0.2, 0.25) is 0 Å². The van der Waals surface area contributed by atoms with E-state index in [0.29, 0.717) is 17.8 Å². The molecule has 0 saturated carbocycles. The number of urea groups is 1. The molecule has 1 heterocycles. The van der Waals surface area contributed by atoms with Crippen molar-refractivity contribution in [1.82, 2.24) is 20.4 Å². The number of hydrogen-bond donors (Lipinski definition) is 3. The highest BCUT2D eigenvalue weighted by molar-refractivity contribution is 5.97. The lowest BCUT2D eigenvalue weighted by atomic mass is 9.98. The monoisotopic (exact) mass is 467 g/mol. The van der Waals surface area contributed by atoms with Gasteiger partial charge in [-0.15, -0.1) is 0 Å². The van der Waals surface area contributed by atoms with Gasteiger partial charge in [0.15, 0.2) is 0 Å². The van der Waals surface area contributed by atoms with Gasteiger partial charge >= 0.3 is 6.03 Å². The van der Waals surface area contributed by atoms with Crippen LogP contribution in [0, 0.1) is 0 Å². The Hall–Kier alpha value is -4.39. The number of rotatable bonds is 8. The normalized spacial score (nSPS) is 10.7. The number of aromatic nitrogens is 2. The average Bonchev–Trinajstić information content (AvgIpc) is 3.36. The van der Waals surface area contributed by atoms with E-state index in [1.807, 2.05) is 49.0 Å². The minimum atomic E-state index is -0.304. The van der Waals surface area contributed by atoms with Gasteiger partial charge < -0.3 is 16.0 Å². The summed E-state index contributed by atoms with van der Waals surface area (Å²) in [5.74, 6) is -0.206. The molecule has 4 aromatic rings. The highest BCUT2D eigenvalue weighted by Gasteiger charge is 2.11. The summed E-state index contributed by atoms with van der Waals surface area (Å²) in [5, 5.41) is 12.8. The SMILES string of the molecule is CC(C)NC(=O)Nc1cccc(C(=O)NCc2ccccc2-c2ccc(Cn3cccn3)cc2)c1. The van der Waals surface area contributed by atoms with Crippen LogP contribution in [0.5, 0.6) is 0 Å². The summed E-state index contributed by atoms with van der Waals surface area (Å²) in [6.07, 6.45) is 3.72. The van der Waals surface area contributed by atoms with Crippen LogP contribution >= 0.6 is 0 Å². The summed E-state index contributed by atoms with van der Waals surface area (Å²) in [7, 11) is 0. The lowest BCUT2D eigenvalue weighted by Crippen LogP contribution is -2.34. The van der Waals surface area contributed by atoms with Crippen molar-refractivity contribution in [3.05, 3.63) is 108 Å². The van der Waals surface area contributed by atoms with Crippen molar-refractivity contribution in [3.63, 3.8) is 0 Å². The zero-order valence-corrected chi connectivity index (χ0v) is 19.9. The topological polar surface area (TPSA) is 88.0 Å². The van der Waals surface area contributed by atoms with E-state index in [1.165, 1.54) is 5.56 Å². The van der Waals surface area contributed by atoms with Crippen LogP contribution in [0.3, 0.4) is 0 Å². The molecular formula is C28H29N5O2. The number of carbonyl (C=O) groups excluding carboxylic acids is 2. The number of hydrogen-bond acceptors (Lipinski definition) is 3. The zero-order valence-electron chi connectivity index (χ0n) is 19.9. The Morgan fingerprint density at radius 2 is 1.74 bits per heavy atom. The predicted molar refractivity (Wildman–Crippen MR) is 138 cm³/mol. The number of nitrogens with one attached hydrogen (secondary N) is 3. The highest BCUT2D eigenvalue weighted by atomic mass is 16.2. The Bertz CT molecular complexity index is 1280. The first-order valence-electron chi connectivity index (χ1n) is 11.6. The zero-order chi connectivity index (χ0) is 24.6. The van der Waals surface area contributed by atoms with Crippen molar-refractivity contribution >= 4 is 17.6 Å². The molecule has 3 N–H and O–H groups in total. The van der Waals surface area contributed by atoms with Crippen molar-refractivity contribution in [2.75, 3.05) is 5.32 Å². The first-order valence-corrected chi connectivity index (χ1v) is 11.6. The number of amides is 3. The van der Waals surface area contributed by atoms with Crippen LogP contribution in [-0.2, 0) is 13.1 Å². The predicted octanol–water partition coefficient (Wildman–Crippen LogP) is 5.06. The molecule has 178 valence electrons. The summed E-state index contributed by atoms with van der Waals surface area (Å²) in [6, 6.07) is 24.9. The molecule has 0 aliphatic heterocycles. The Balaban J connectivity index is 1.41. The summed E-state index contributed by atoms with van der Waals surface area (Å²) < 4.78 is 1.89. The minimum absolute atomic E-state index is 0.0224. The maximum atomic E-state index is 12.8. The Morgan fingerprint density at radius 3 is 2.49 bits per heavy atom. The van der Waals surface area contributed by atoms with E-state index in [0.717, 1.165) is 23.2 Å².